The largest absolute Gasteiger partial charge is 0.481 e. The van der Waals surface area contributed by atoms with Gasteiger partial charge in [0.05, 0.1) is 6.54 Å². The summed E-state index contributed by atoms with van der Waals surface area (Å²) < 4.78 is 5.40. The van der Waals surface area contributed by atoms with Gasteiger partial charge >= 0.3 is 0 Å². The molecule has 1 atom stereocenters. The van der Waals surface area contributed by atoms with Gasteiger partial charge in [-0.1, -0.05) is 36.3 Å². The fourth-order valence-corrected chi connectivity index (χ4v) is 3.41. The summed E-state index contributed by atoms with van der Waals surface area (Å²) in [5.74, 6) is 4.12. The highest BCUT2D eigenvalue weighted by Crippen LogP contribution is 2.31. The second kappa shape index (κ2) is 12.8. The molecule has 2 aromatic carbocycles. The van der Waals surface area contributed by atoms with Crippen LogP contribution in [0.15, 0.2) is 53.5 Å². The molecule has 0 bridgehead atoms. The first-order valence-electron chi connectivity index (χ1n) is 10.3. The van der Waals surface area contributed by atoms with Crippen molar-refractivity contribution >= 4 is 41.5 Å². The third-order valence-corrected chi connectivity index (χ3v) is 4.87. The molecule has 1 aliphatic rings. The first-order chi connectivity index (χ1) is 14.7. The van der Waals surface area contributed by atoms with E-state index in [1.807, 2.05) is 49.4 Å². The lowest BCUT2D eigenvalue weighted by Gasteiger charge is -2.24. The lowest BCUT2D eigenvalue weighted by Crippen LogP contribution is -2.38. The van der Waals surface area contributed by atoms with Crippen molar-refractivity contribution in [2.24, 2.45) is 4.99 Å². The summed E-state index contributed by atoms with van der Waals surface area (Å²) in [7, 11) is 0. The fourth-order valence-electron chi connectivity index (χ4n) is 3.41. The maximum atomic E-state index is 12.0. The standard InChI is InChI=1S/C24H28N4O2.HI/c1-3-15-30-20-11-9-18(10-12-20)13-14-26-24(25-4-2)27-17-19-16-23(29)28-22-8-6-5-7-21(19)22;/h1,5-12,19H,4,13-17H2,2H3,(H,28,29)(H2,25,26,27);1H. The normalized spacial score (nSPS) is 15.0. The number of guanidine groups is 1. The molecule has 2 aromatic rings. The Morgan fingerprint density at radius 3 is 2.74 bits per heavy atom. The molecule has 0 aromatic heterocycles. The molecule has 164 valence electrons. The first-order valence-corrected chi connectivity index (χ1v) is 10.3. The van der Waals surface area contributed by atoms with Gasteiger partial charge in [-0.15, -0.1) is 30.4 Å². The number of nitrogens with one attached hydrogen (secondary N) is 3. The smallest absolute Gasteiger partial charge is 0.225 e. The van der Waals surface area contributed by atoms with Gasteiger partial charge in [0, 0.05) is 31.1 Å². The van der Waals surface area contributed by atoms with Crippen LogP contribution in [0.4, 0.5) is 5.69 Å². The molecule has 31 heavy (non-hydrogen) atoms. The summed E-state index contributed by atoms with van der Waals surface area (Å²) in [4.78, 5) is 16.7. The lowest BCUT2D eigenvalue weighted by atomic mass is 9.91. The maximum absolute atomic E-state index is 12.0. The summed E-state index contributed by atoms with van der Waals surface area (Å²) in [6, 6.07) is 15.9. The van der Waals surface area contributed by atoms with Gasteiger partial charge in [-0.25, -0.2) is 0 Å². The van der Waals surface area contributed by atoms with Crippen molar-refractivity contribution in [1.82, 2.24) is 10.6 Å². The van der Waals surface area contributed by atoms with E-state index in [2.05, 4.69) is 27.9 Å². The molecule has 0 saturated heterocycles. The molecule has 6 nitrogen and oxygen atoms in total. The SMILES string of the molecule is C#CCOc1ccc(CCNC(=NCC2CC(=O)Nc3ccccc32)NCC)cc1.I. The highest BCUT2D eigenvalue weighted by atomic mass is 127. The van der Waals surface area contributed by atoms with E-state index in [9.17, 15) is 4.79 Å². The summed E-state index contributed by atoms with van der Waals surface area (Å²) in [5.41, 5.74) is 3.23. The first kappa shape index (κ1) is 24.5. The molecule has 1 unspecified atom stereocenters. The quantitative estimate of drug-likeness (QED) is 0.211. The number of carbonyl (C=O) groups excluding carboxylic acids is 1. The molecule has 7 heteroatoms. The molecule has 0 fully saturated rings. The Morgan fingerprint density at radius 2 is 2.00 bits per heavy atom. The molecule has 0 spiro atoms. The van der Waals surface area contributed by atoms with Gasteiger partial charge in [0.25, 0.3) is 0 Å². The summed E-state index contributed by atoms with van der Waals surface area (Å²) in [5, 5.41) is 9.58. The zero-order valence-corrected chi connectivity index (χ0v) is 20.0. The Hall–Kier alpha value is -2.73. The fraction of sp³-hybridized carbons (Fsp3) is 0.333. The van der Waals surface area contributed by atoms with Gasteiger partial charge in [0.1, 0.15) is 12.4 Å². The Bertz CT molecular complexity index is 922. The van der Waals surface area contributed by atoms with Crippen LogP contribution in [-0.2, 0) is 11.2 Å². The highest BCUT2D eigenvalue weighted by Gasteiger charge is 2.24. The number of carbonyl (C=O) groups is 1. The van der Waals surface area contributed by atoms with Gasteiger partial charge in [-0.3, -0.25) is 9.79 Å². The van der Waals surface area contributed by atoms with Crippen molar-refractivity contribution in [3.05, 3.63) is 59.7 Å². The molecule has 0 radical (unpaired) electrons. The average molecular weight is 532 g/mol. The second-order valence-electron chi connectivity index (χ2n) is 7.07. The lowest BCUT2D eigenvalue weighted by molar-refractivity contribution is -0.116. The predicted molar refractivity (Wildman–Crippen MR) is 136 cm³/mol. The molecule has 0 saturated carbocycles. The Kier molecular flexibility index (Phi) is 10.2. The van der Waals surface area contributed by atoms with E-state index in [4.69, 9.17) is 16.2 Å². The van der Waals surface area contributed by atoms with Crippen LogP contribution < -0.4 is 20.7 Å². The number of terminal acetylenes is 1. The number of rotatable bonds is 8. The van der Waals surface area contributed by atoms with Crippen molar-refractivity contribution in [1.29, 1.82) is 0 Å². The molecule has 3 N–H and O–H groups in total. The van der Waals surface area contributed by atoms with E-state index in [1.54, 1.807) is 0 Å². The minimum absolute atomic E-state index is 0. The van der Waals surface area contributed by atoms with Crippen LogP contribution in [0.1, 0.15) is 30.4 Å². The number of ether oxygens (including phenoxy) is 1. The van der Waals surface area contributed by atoms with Crippen LogP contribution in [-0.4, -0.2) is 38.1 Å². The molecule has 1 heterocycles. The Labute approximate surface area is 201 Å². The van der Waals surface area contributed by atoms with Gasteiger partial charge in [0.15, 0.2) is 5.96 Å². The summed E-state index contributed by atoms with van der Waals surface area (Å²) >= 11 is 0. The number of hydrogen-bond acceptors (Lipinski definition) is 3. The van der Waals surface area contributed by atoms with E-state index >= 15 is 0 Å². The van der Waals surface area contributed by atoms with E-state index in [0.717, 1.165) is 42.5 Å². The number of anilines is 1. The molecule has 0 aliphatic carbocycles. The number of benzene rings is 2. The summed E-state index contributed by atoms with van der Waals surface area (Å²) in [6.07, 6.45) is 6.52. The summed E-state index contributed by atoms with van der Waals surface area (Å²) in [6.45, 7) is 4.39. The van der Waals surface area contributed by atoms with Crippen LogP contribution in [0, 0.1) is 12.3 Å². The average Bonchev–Trinajstić information content (AvgIpc) is 2.76. The van der Waals surface area contributed by atoms with E-state index in [-0.39, 0.29) is 42.4 Å². The number of halogens is 1. The number of amides is 1. The van der Waals surface area contributed by atoms with Crippen LogP contribution >= 0.6 is 24.0 Å². The monoisotopic (exact) mass is 532 g/mol. The van der Waals surface area contributed by atoms with Crippen molar-refractivity contribution in [2.45, 2.75) is 25.7 Å². The van der Waals surface area contributed by atoms with Crippen molar-refractivity contribution < 1.29 is 9.53 Å². The molecular weight excluding hydrogens is 503 g/mol. The minimum atomic E-state index is 0. The van der Waals surface area contributed by atoms with Crippen LogP contribution in [0.2, 0.25) is 0 Å². The molecule has 1 aliphatic heterocycles. The van der Waals surface area contributed by atoms with Gasteiger partial charge in [0.2, 0.25) is 5.91 Å². The van der Waals surface area contributed by atoms with Gasteiger partial charge in [-0.2, -0.15) is 0 Å². The number of hydrogen-bond donors (Lipinski definition) is 3. The maximum Gasteiger partial charge on any atom is 0.225 e. The third-order valence-electron chi connectivity index (χ3n) is 4.87. The Balaban J connectivity index is 0.00000341. The van der Waals surface area contributed by atoms with E-state index in [0.29, 0.717) is 13.0 Å². The Morgan fingerprint density at radius 1 is 1.23 bits per heavy atom. The number of nitrogens with zero attached hydrogens (tertiary/aromatic N) is 1. The van der Waals surface area contributed by atoms with Crippen LogP contribution in [0.3, 0.4) is 0 Å². The third kappa shape index (κ3) is 7.47. The van der Waals surface area contributed by atoms with Crippen molar-refractivity contribution in [3.63, 3.8) is 0 Å². The number of para-hydroxylation sites is 1. The zero-order chi connectivity index (χ0) is 21.2. The topological polar surface area (TPSA) is 74.8 Å². The highest BCUT2D eigenvalue weighted by molar-refractivity contribution is 14.0. The van der Waals surface area contributed by atoms with E-state index < -0.39 is 0 Å². The van der Waals surface area contributed by atoms with Gasteiger partial charge in [-0.05, 0) is 42.7 Å². The van der Waals surface area contributed by atoms with Crippen molar-refractivity contribution in [3.8, 4) is 18.1 Å². The number of fused-ring (bicyclic) bond motifs is 1. The van der Waals surface area contributed by atoms with Gasteiger partial charge < -0.3 is 20.7 Å². The molecule has 1 amide bonds. The molecule has 3 rings (SSSR count). The van der Waals surface area contributed by atoms with Crippen LogP contribution in [0.25, 0.3) is 0 Å². The zero-order valence-electron chi connectivity index (χ0n) is 17.7. The van der Waals surface area contributed by atoms with Crippen LogP contribution in [0.5, 0.6) is 5.75 Å². The minimum Gasteiger partial charge on any atom is -0.481 e. The molecular formula is C24H29IN4O2. The predicted octanol–water partition coefficient (Wildman–Crippen LogP) is 3.54. The number of aliphatic imine (C=N–C) groups is 1. The second-order valence-corrected chi connectivity index (χ2v) is 7.07. The van der Waals surface area contributed by atoms with E-state index in [1.165, 1.54) is 5.56 Å². The van der Waals surface area contributed by atoms with Crippen molar-refractivity contribution in [2.75, 3.05) is 31.6 Å².